The zero-order valence-corrected chi connectivity index (χ0v) is 26.4. The molecule has 1 N–H and O–H groups in total. The van der Waals surface area contributed by atoms with Gasteiger partial charge in [-0.3, -0.25) is 19.3 Å². The Morgan fingerprint density at radius 2 is 1.20 bits per heavy atom. The number of carboxylic acids is 1. The van der Waals surface area contributed by atoms with Crippen molar-refractivity contribution in [2.75, 3.05) is 6.61 Å². The molecule has 0 spiro atoms. The maximum absolute atomic E-state index is 11.9. The van der Waals surface area contributed by atoms with Crippen LogP contribution in [0.15, 0.2) is 49.3 Å². The summed E-state index contributed by atoms with van der Waals surface area (Å²) in [6, 6.07) is 3.23. The number of aromatic carboxylic acids is 1. The molecular formula is C30H32N12O4. The van der Waals surface area contributed by atoms with Crippen LogP contribution in [0.3, 0.4) is 0 Å². The van der Waals surface area contributed by atoms with Gasteiger partial charge in [-0.1, -0.05) is 10.4 Å². The maximum Gasteiger partial charge on any atom is 0.339 e. The van der Waals surface area contributed by atoms with Crippen LogP contribution in [-0.2, 0) is 18.8 Å². The molecule has 0 radical (unpaired) electrons. The molecular weight excluding hydrogens is 592 g/mol. The lowest BCUT2D eigenvalue weighted by Crippen LogP contribution is -2.08. The van der Waals surface area contributed by atoms with Crippen molar-refractivity contribution in [2.24, 2.45) is 14.1 Å². The first kappa shape index (κ1) is 31.4. The van der Waals surface area contributed by atoms with E-state index in [1.807, 2.05) is 34.9 Å². The largest absolute Gasteiger partial charge is 0.478 e. The number of carbonyl (C=O) groups is 2. The van der Waals surface area contributed by atoms with Gasteiger partial charge in [0.2, 0.25) is 0 Å². The van der Waals surface area contributed by atoms with Crippen molar-refractivity contribution in [1.29, 1.82) is 0 Å². The molecule has 6 heterocycles. The number of aryl methyl sites for hydroxylation is 4. The van der Waals surface area contributed by atoms with Crippen LogP contribution < -0.4 is 0 Å². The molecule has 16 heteroatoms. The van der Waals surface area contributed by atoms with Crippen LogP contribution in [-0.4, -0.2) is 83.2 Å². The fourth-order valence-electron chi connectivity index (χ4n) is 4.46. The zero-order valence-electron chi connectivity index (χ0n) is 26.4. The Morgan fingerprint density at radius 3 is 1.61 bits per heavy atom. The van der Waals surface area contributed by atoms with Crippen molar-refractivity contribution in [3.05, 3.63) is 83.2 Å². The van der Waals surface area contributed by atoms with Gasteiger partial charge in [0.15, 0.2) is 0 Å². The summed E-state index contributed by atoms with van der Waals surface area (Å²) in [5, 5.41) is 34.0. The second kappa shape index (κ2) is 12.9. The number of pyridine rings is 2. The van der Waals surface area contributed by atoms with E-state index in [-0.39, 0.29) is 5.56 Å². The van der Waals surface area contributed by atoms with E-state index in [9.17, 15) is 9.59 Å². The molecule has 0 aromatic carbocycles. The third-order valence-electron chi connectivity index (χ3n) is 7.38. The van der Waals surface area contributed by atoms with Crippen molar-refractivity contribution in [3.8, 4) is 33.9 Å². The van der Waals surface area contributed by atoms with E-state index < -0.39 is 11.9 Å². The average molecular weight is 625 g/mol. The topological polar surface area (TPSA) is 186 Å². The predicted octanol–water partition coefficient (Wildman–Crippen LogP) is 3.23. The molecule has 0 unspecified atom stereocenters. The van der Waals surface area contributed by atoms with E-state index >= 15 is 0 Å². The van der Waals surface area contributed by atoms with E-state index in [4.69, 9.17) is 9.84 Å². The highest BCUT2D eigenvalue weighted by Gasteiger charge is 2.16. The van der Waals surface area contributed by atoms with Crippen molar-refractivity contribution in [3.63, 3.8) is 0 Å². The van der Waals surface area contributed by atoms with Gasteiger partial charge < -0.3 is 9.84 Å². The predicted molar refractivity (Wildman–Crippen MR) is 165 cm³/mol. The summed E-state index contributed by atoms with van der Waals surface area (Å²) >= 11 is 0. The Morgan fingerprint density at radius 1 is 0.739 bits per heavy atom. The lowest BCUT2D eigenvalue weighted by atomic mass is 10.2. The Hall–Kier alpha value is -6.06. The van der Waals surface area contributed by atoms with Gasteiger partial charge in [-0.15, -0.1) is 10.2 Å². The second-order valence-corrected chi connectivity index (χ2v) is 10.3. The molecule has 0 atom stereocenters. The molecule has 6 rings (SSSR count). The Bertz CT molecular complexity index is 2050. The highest BCUT2D eigenvalue weighted by molar-refractivity contribution is 5.89. The molecule has 46 heavy (non-hydrogen) atoms. The van der Waals surface area contributed by atoms with E-state index in [0.29, 0.717) is 40.6 Å². The number of hydrogen-bond donors (Lipinski definition) is 1. The molecule has 0 amide bonds. The Kier molecular flexibility index (Phi) is 8.79. The molecule has 6 aromatic rings. The quantitative estimate of drug-likeness (QED) is 0.256. The van der Waals surface area contributed by atoms with E-state index in [1.54, 1.807) is 58.7 Å². The number of esters is 1. The SMILES string of the molecule is CCOC(=O)c1cnc(C)c(-n2cc(-c3cnn(C)c3C)nn2)c1.Cc1ncc(C(=O)O)cc1-n1cc(-c2cnn(C)c2C)nn1. The molecule has 6 aromatic heterocycles. The number of carboxylic acid groups (broad SMARTS) is 1. The van der Waals surface area contributed by atoms with Crippen LogP contribution >= 0.6 is 0 Å². The van der Waals surface area contributed by atoms with Gasteiger partial charge in [0.05, 0.1) is 65.3 Å². The van der Waals surface area contributed by atoms with Gasteiger partial charge in [0.25, 0.3) is 0 Å². The summed E-state index contributed by atoms with van der Waals surface area (Å²) in [5.41, 5.74) is 8.31. The van der Waals surface area contributed by atoms with Crippen molar-refractivity contribution in [2.45, 2.75) is 34.6 Å². The average Bonchev–Trinajstić information content (AvgIpc) is 3.84. The summed E-state index contributed by atoms with van der Waals surface area (Å²) in [7, 11) is 3.73. The summed E-state index contributed by atoms with van der Waals surface area (Å²) in [6.07, 6.45) is 9.83. The number of ether oxygens (including phenoxy) is 1. The Labute approximate surface area is 263 Å². The highest BCUT2D eigenvalue weighted by Crippen LogP contribution is 2.23. The summed E-state index contributed by atoms with van der Waals surface area (Å²) in [4.78, 5) is 31.3. The summed E-state index contributed by atoms with van der Waals surface area (Å²) in [6.45, 7) is 9.63. The number of carbonyl (C=O) groups excluding carboxylic acids is 1. The van der Waals surface area contributed by atoms with Crippen LogP contribution in [0.1, 0.15) is 50.4 Å². The van der Waals surface area contributed by atoms with E-state index in [0.717, 1.165) is 28.2 Å². The van der Waals surface area contributed by atoms with Gasteiger partial charge in [0, 0.05) is 49.0 Å². The first-order valence-electron chi connectivity index (χ1n) is 14.2. The maximum atomic E-state index is 11.9. The zero-order chi connectivity index (χ0) is 33.1. The van der Waals surface area contributed by atoms with Crippen LogP contribution in [0.5, 0.6) is 0 Å². The number of nitrogens with zero attached hydrogens (tertiary/aromatic N) is 12. The number of aromatic nitrogens is 12. The van der Waals surface area contributed by atoms with E-state index in [2.05, 4.69) is 40.8 Å². The number of hydrogen-bond acceptors (Lipinski definition) is 11. The highest BCUT2D eigenvalue weighted by atomic mass is 16.5. The van der Waals surface area contributed by atoms with Crippen molar-refractivity contribution < 1.29 is 19.4 Å². The second-order valence-electron chi connectivity index (χ2n) is 10.3. The van der Waals surface area contributed by atoms with Gasteiger partial charge in [-0.05, 0) is 46.8 Å². The van der Waals surface area contributed by atoms with Crippen molar-refractivity contribution in [1.82, 2.24) is 59.5 Å². The molecule has 0 fully saturated rings. The molecule has 16 nitrogen and oxygen atoms in total. The summed E-state index contributed by atoms with van der Waals surface area (Å²) in [5.74, 6) is -1.44. The minimum absolute atomic E-state index is 0.107. The standard InChI is InChI=1S/C16H18N6O2.C14H14N6O2/c1-5-24-16(23)12-6-15(10(2)17-7-12)22-9-14(19-20-22)13-8-18-21(4)11(13)3;1-8-13(4-10(5-15-8)14(21)22)20-7-12(17-18-20)11-6-16-19(3)9(11)2/h6-9H,5H2,1-4H3;4-7H,1-3H3,(H,21,22). The third kappa shape index (κ3) is 6.26. The van der Waals surface area contributed by atoms with Gasteiger partial charge >= 0.3 is 11.9 Å². The molecule has 0 bridgehead atoms. The molecule has 0 aliphatic carbocycles. The third-order valence-corrected chi connectivity index (χ3v) is 7.38. The lowest BCUT2D eigenvalue weighted by molar-refractivity contribution is 0.0525. The van der Waals surface area contributed by atoms with Crippen LogP contribution in [0.4, 0.5) is 0 Å². The van der Waals surface area contributed by atoms with Gasteiger partial charge in [-0.2, -0.15) is 10.2 Å². The molecule has 0 saturated carbocycles. The van der Waals surface area contributed by atoms with Crippen LogP contribution in [0, 0.1) is 27.7 Å². The van der Waals surface area contributed by atoms with Crippen molar-refractivity contribution >= 4 is 11.9 Å². The summed E-state index contributed by atoms with van der Waals surface area (Å²) < 4.78 is 11.7. The normalized spacial score (nSPS) is 10.8. The van der Waals surface area contributed by atoms with Crippen LogP contribution in [0.2, 0.25) is 0 Å². The Balaban J connectivity index is 0.000000182. The molecule has 236 valence electrons. The monoisotopic (exact) mass is 624 g/mol. The first-order valence-corrected chi connectivity index (χ1v) is 14.2. The minimum atomic E-state index is -1.03. The minimum Gasteiger partial charge on any atom is -0.478 e. The smallest absolute Gasteiger partial charge is 0.339 e. The fourth-order valence-corrected chi connectivity index (χ4v) is 4.46. The first-order chi connectivity index (χ1) is 22.0. The van der Waals surface area contributed by atoms with Gasteiger partial charge in [-0.25, -0.2) is 19.0 Å². The van der Waals surface area contributed by atoms with Crippen LogP contribution in [0.25, 0.3) is 33.9 Å². The van der Waals surface area contributed by atoms with E-state index in [1.165, 1.54) is 23.1 Å². The fraction of sp³-hybridized carbons (Fsp3) is 0.267. The van der Waals surface area contributed by atoms with Gasteiger partial charge in [0.1, 0.15) is 11.4 Å². The molecule has 0 aliphatic rings. The molecule has 0 aliphatic heterocycles. The molecule has 0 saturated heterocycles. The number of rotatable bonds is 7. The lowest BCUT2D eigenvalue weighted by Gasteiger charge is -2.07.